The predicted molar refractivity (Wildman–Crippen MR) is 99.0 cm³/mol. The van der Waals surface area contributed by atoms with Crippen LogP contribution in [-0.4, -0.2) is 25.0 Å². The Labute approximate surface area is 157 Å². The molecule has 6 heteroatoms. The molecule has 2 unspecified atom stereocenters. The van der Waals surface area contributed by atoms with Crippen LogP contribution in [-0.2, 0) is 9.59 Å². The lowest BCUT2D eigenvalue weighted by molar-refractivity contribution is -0.127. The van der Waals surface area contributed by atoms with Crippen LogP contribution in [0.1, 0.15) is 30.0 Å². The molecule has 1 fully saturated rings. The van der Waals surface area contributed by atoms with Gasteiger partial charge in [0, 0.05) is 30.6 Å². The molecular formula is C21H21FN2O3. The third-order valence-electron chi connectivity index (χ3n) is 5.24. The number of fused-ring (bicyclic) bond motifs is 1. The number of benzene rings is 2. The number of para-hydroxylation sites is 1. The quantitative estimate of drug-likeness (QED) is 0.906. The molecule has 2 amide bonds. The van der Waals surface area contributed by atoms with E-state index in [4.69, 9.17) is 4.74 Å². The average molecular weight is 368 g/mol. The van der Waals surface area contributed by atoms with Crippen LogP contribution in [0.5, 0.6) is 5.75 Å². The molecule has 1 saturated heterocycles. The summed E-state index contributed by atoms with van der Waals surface area (Å²) in [6.45, 7) is 2.48. The van der Waals surface area contributed by atoms with Crippen molar-refractivity contribution in [3.63, 3.8) is 0 Å². The summed E-state index contributed by atoms with van der Waals surface area (Å²) in [5, 5.41) is 3.06. The molecule has 27 heavy (non-hydrogen) atoms. The first-order valence-electron chi connectivity index (χ1n) is 9.11. The first-order chi connectivity index (χ1) is 13.0. The number of amides is 2. The molecule has 0 radical (unpaired) electrons. The number of rotatable bonds is 3. The number of hydrogen-bond donors (Lipinski definition) is 1. The third kappa shape index (κ3) is 3.39. The molecule has 2 aliphatic heterocycles. The third-order valence-corrected chi connectivity index (χ3v) is 5.24. The summed E-state index contributed by atoms with van der Waals surface area (Å²) in [5.41, 5.74) is 1.98. The molecule has 0 spiro atoms. The number of nitrogens with zero attached hydrogens (tertiary/aromatic N) is 1. The highest BCUT2D eigenvalue weighted by molar-refractivity contribution is 6.00. The van der Waals surface area contributed by atoms with E-state index in [1.54, 1.807) is 19.1 Å². The molecule has 0 aromatic heterocycles. The van der Waals surface area contributed by atoms with E-state index in [0.29, 0.717) is 24.3 Å². The summed E-state index contributed by atoms with van der Waals surface area (Å²) in [4.78, 5) is 26.6. The van der Waals surface area contributed by atoms with E-state index in [1.807, 2.05) is 24.3 Å². The molecule has 0 aliphatic carbocycles. The molecule has 2 heterocycles. The molecule has 2 aromatic carbocycles. The zero-order valence-electron chi connectivity index (χ0n) is 15.1. The molecule has 2 aromatic rings. The maximum absolute atomic E-state index is 13.8. The Morgan fingerprint density at radius 3 is 2.89 bits per heavy atom. The Bertz CT molecular complexity index is 899. The normalized spacial score (nSPS) is 21.6. The van der Waals surface area contributed by atoms with Crippen molar-refractivity contribution < 1.29 is 18.7 Å². The number of ether oxygens (including phenoxy) is 1. The largest absolute Gasteiger partial charge is 0.493 e. The minimum Gasteiger partial charge on any atom is -0.493 e. The van der Waals surface area contributed by atoms with Crippen molar-refractivity contribution in [2.24, 2.45) is 5.92 Å². The monoisotopic (exact) mass is 368 g/mol. The van der Waals surface area contributed by atoms with Crippen LogP contribution in [0.2, 0.25) is 0 Å². The van der Waals surface area contributed by atoms with Gasteiger partial charge in [-0.05, 0) is 30.7 Å². The molecule has 0 saturated carbocycles. The van der Waals surface area contributed by atoms with E-state index in [9.17, 15) is 14.0 Å². The van der Waals surface area contributed by atoms with Gasteiger partial charge in [0.2, 0.25) is 11.8 Å². The Balaban J connectivity index is 1.46. The number of halogens is 1. The van der Waals surface area contributed by atoms with Gasteiger partial charge < -0.3 is 15.0 Å². The lowest BCUT2D eigenvalue weighted by atomic mass is 9.99. The topological polar surface area (TPSA) is 58.6 Å². The molecule has 1 N–H and O–H groups in total. The van der Waals surface area contributed by atoms with E-state index >= 15 is 0 Å². The number of hydrogen-bond acceptors (Lipinski definition) is 3. The van der Waals surface area contributed by atoms with Gasteiger partial charge in [-0.3, -0.25) is 9.59 Å². The average Bonchev–Trinajstić information content (AvgIpc) is 3.06. The molecule has 0 bridgehead atoms. The van der Waals surface area contributed by atoms with E-state index < -0.39 is 5.92 Å². The van der Waals surface area contributed by atoms with Crippen molar-refractivity contribution >= 4 is 17.5 Å². The molecule has 5 nitrogen and oxygen atoms in total. The summed E-state index contributed by atoms with van der Waals surface area (Å²) >= 11 is 0. The fourth-order valence-electron chi connectivity index (χ4n) is 3.66. The highest BCUT2D eigenvalue weighted by atomic mass is 19.1. The Hall–Kier alpha value is -2.89. The summed E-state index contributed by atoms with van der Waals surface area (Å²) in [6.07, 6.45) is 0.822. The van der Waals surface area contributed by atoms with Gasteiger partial charge in [-0.1, -0.05) is 24.3 Å². The lowest BCUT2D eigenvalue weighted by Gasteiger charge is -2.27. The van der Waals surface area contributed by atoms with Gasteiger partial charge in [0.05, 0.1) is 18.6 Å². The zero-order valence-corrected chi connectivity index (χ0v) is 15.1. The maximum atomic E-state index is 13.8. The van der Waals surface area contributed by atoms with Gasteiger partial charge in [-0.2, -0.15) is 0 Å². The fraction of sp³-hybridized carbons (Fsp3) is 0.333. The number of anilines is 1. The van der Waals surface area contributed by atoms with Crippen LogP contribution in [0.15, 0.2) is 42.5 Å². The summed E-state index contributed by atoms with van der Waals surface area (Å²) in [6, 6.07) is 12.2. The second-order valence-corrected chi connectivity index (χ2v) is 7.08. The lowest BCUT2D eigenvalue weighted by Crippen LogP contribution is -2.37. The van der Waals surface area contributed by atoms with Crippen LogP contribution >= 0.6 is 0 Å². The van der Waals surface area contributed by atoms with Gasteiger partial charge in [0.25, 0.3) is 0 Å². The van der Waals surface area contributed by atoms with Crippen LogP contribution in [0.3, 0.4) is 0 Å². The van der Waals surface area contributed by atoms with Gasteiger partial charge in [-0.15, -0.1) is 0 Å². The second kappa shape index (κ2) is 7.02. The van der Waals surface area contributed by atoms with Crippen molar-refractivity contribution in [1.82, 2.24) is 5.32 Å². The van der Waals surface area contributed by atoms with Crippen molar-refractivity contribution in [3.8, 4) is 5.75 Å². The van der Waals surface area contributed by atoms with E-state index in [2.05, 4.69) is 5.32 Å². The molecule has 2 atom stereocenters. The first kappa shape index (κ1) is 17.5. The van der Waals surface area contributed by atoms with E-state index in [0.717, 1.165) is 11.3 Å². The molecule has 2 aliphatic rings. The second-order valence-electron chi connectivity index (χ2n) is 7.08. The Kier molecular flexibility index (Phi) is 4.56. The minimum atomic E-state index is -0.447. The van der Waals surface area contributed by atoms with Gasteiger partial charge in [0.15, 0.2) is 0 Å². The standard InChI is InChI=1S/C21H21FN2O3/c1-13-6-7-15(11-17(13)22)24-12-14(10-20(24)25)21(26)23-18-8-9-27-19-5-3-2-4-16(18)19/h2-7,11,14,18H,8-10,12H2,1H3,(H,23,26). The van der Waals surface area contributed by atoms with Crippen LogP contribution in [0, 0.1) is 18.7 Å². The highest BCUT2D eigenvalue weighted by Crippen LogP contribution is 2.33. The highest BCUT2D eigenvalue weighted by Gasteiger charge is 2.36. The van der Waals surface area contributed by atoms with Crippen LogP contribution in [0.4, 0.5) is 10.1 Å². The summed E-state index contributed by atoms with van der Waals surface area (Å²) in [7, 11) is 0. The van der Waals surface area contributed by atoms with Crippen LogP contribution in [0.25, 0.3) is 0 Å². The SMILES string of the molecule is Cc1ccc(N2CC(C(=O)NC3CCOc4ccccc43)CC2=O)cc1F. The maximum Gasteiger partial charge on any atom is 0.227 e. The fourth-order valence-corrected chi connectivity index (χ4v) is 3.66. The number of nitrogens with one attached hydrogen (secondary N) is 1. The predicted octanol–water partition coefficient (Wildman–Crippen LogP) is 3.13. The number of carbonyl (C=O) groups is 2. The Morgan fingerprint density at radius 1 is 1.26 bits per heavy atom. The smallest absolute Gasteiger partial charge is 0.227 e. The van der Waals surface area contributed by atoms with Crippen molar-refractivity contribution in [2.45, 2.75) is 25.8 Å². The summed E-state index contributed by atoms with van der Waals surface area (Å²) in [5.74, 6) is -0.330. The van der Waals surface area contributed by atoms with E-state index in [-0.39, 0.29) is 36.6 Å². The molecule has 4 rings (SSSR count). The Morgan fingerprint density at radius 2 is 2.07 bits per heavy atom. The van der Waals surface area contributed by atoms with Crippen molar-refractivity contribution in [1.29, 1.82) is 0 Å². The van der Waals surface area contributed by atoms with Crippen molar-refractivity contribution in [3.05, 3.63) is 59.4 Å². The molecular weight excluding hydrogens is 347 g/mol. The number of carbonyl (C=O) groups excluding carboxylic acids is 2. The first-order valence-corrected chi connectivity index (χ1v) is 9.11. The van der Waals surface area contributed by atoms with E-state index in [1.165, 1.54) is 11.0 Å². The zero-order chi connectivity index (χ0) is 19.0. The van der Waals surface area contributed by atoms with Gasteiger partial charge >= 0.3 is 0 Å². The number of aryl methyl sites for hydroxylation is 1. The summed E-state index contributed by atoms with van der Waals surface area (Å²) < 4.78 is 19.5. The van der Waals surface area contributed by atoms with Gasteiger partial charge in [-0.25, -0.2) is 4.39 Å². The molecule has 140 valence electrons. The van der Waals surface area contributed by atoms with Gasteiger partial charge in [0.1, 0.15) is 11.6 Å². The van der Waals surface area contributed by atoms with Crippen LogP contribution < -0.4 is 15.0 Å². The minimum absolute atomic E-state index is 0.122. The van der Waals surface area contributed by atoms with Crippen molar-refractivity contribution in [2.75, 3.05) is 18.1 Å².